The zero-order valence-electron chi connectivity index (χ0n) is 13.5. The van der Waals surface area contributed by atoms with E-state index in [2.05, 4.69) is 5.32 Å². The van der Waals surface area contributed by atoms with Gasteiger partial charge in [-0.15, -0.1) is 0 Å². The van der Waals surface area contributed by atoms with Crippen LogP contribution in [0.1, 0.15) is 18.1 Å². The van der Waals surface area contributed by atoms with Crippen LogP contribution in [-0.2, 0) is 4.79 Å². The molecule has 5 nitrogen and oxygen atoms in total. The SMILES string of the molecule is Cc1ccc(OCC(O)CNC(C)C(=O)N(C)C)c(C)c1. The van der Waals surface area contributed by atoms with E-state index in [1.807, 2.05) is 32.0 Å². The van der Waals surface area contributed by atoms with Crippen molar-refractivity contribution in [3.8, 4) is 5.75 Å². The summed E-state index contributed by atoms with van der Waals surface area (Å²) in [7, 11) is 3.42. The van der Waals surface area contributed by atoms with Gasteiger partial charge in [0.1, 0.15) is 18.5 Å². The zero-order valence-corrected chi connectivity index (χ0v) is 13.5. The van der Waals surface area contributed by atoms with E-state index in [0.29, 0.717) is 6.54 Å². The molecule has 0 aliphatic heterocycles. The average molecular weight is 294 g/mol. The Hall–Kier alpha value is -1.59. The van der Waals surface area contributed by atoms with E-state index >= 15 is 0 Å². The standard InChI is InChI=1S/C16H26N2O3/c1-11-6-7-15(12(2)8-11)21-10-14(19)9-17-13(3)16(20)18(4)5/h6-8,13-14,17,19H,9-10H2,1-5H3. The van der Waals surface area contributed by atoms with E-state index in [0.717, 1.165) is 11.3 Å². The number of carbonyl (C=O) groups excluding carboxylic acids is 1. The van der Waals surface area contributed by atoms with Gasteiger partial charge in [-0.3, -0.25) is 4.79 Å². The lowest BCUT2D eigenvalue weighted by molar-refractivity contribution is -0.130. The minimum absolute atomic E-state index is 0.0162. The monoisotopic (exact) mass is 294 g/mol. The fourth-order valence-electron chi connectivity index (χ4n) is 1.99. The van der Waals surface area contributed by atoms with E-state index < -0.39 is 6.10 Å². The third kappa shape index (κ3) is 5.73. The maximum Gasteiger partial charge on any atom is 0.238 e. The number of nitrogens with one attached hydrogen (secondary N) is 1. The van der Waals surface area contributed by atoms with Gasteiger partial charge in [0.05, 0.1) is 6.04 Å². The van der Waals surface area contributed by atoms with Crippen LogP contribution in [0.3, 0.4) is 0 Å². The predicted molar refractivity (Wildman–Crippen MR) is 83.6 cm³/mol. The van der Waals surface area contributed by atoms with Crippen molar-refractivity contribution in [1.29, 1.82) is 0 Å². The molecule has 1 aromatic rings. The van der Waals surface area contributed by atoms with Crippen LogP contribution in [-0.4, -0.2) is 55.3 Å². The molecule has 0 heterocycles. The lowest BCUT2D eigenvalue weighted by Gasteiger charge is -2.20. The number of aliphatic hydroxyl groups excluding tert-OH is 1. The summed E-state index contributed by atoms with van der Waals surface area (Å²) in [5, 5.41) is 12.9. The second kappa shape index (κ2) is 8.00. The van der Waals surface area contributed by atoms with Crippen molar-refractivity contribution in [2.45, 2.75) is 32.9 Å². The van der Waals surface area contributed by atoms with E-state index in [4.69, 9.17) is 4.74 Å². The van der Waals surface area contributed by atoms with Gasteiger partial charge < -0.3 is 20.1 Å². The Balaban J connectivity index is 2.37. The summed E-state index contributed by atoms with van der Waals surface area (Å²) in [6.07, 6.45) is -0.664. The number of likely N-dealkylation sites (N-methyl/N-ethyl adjacent to an activating group) is 1. The molecule has 1 aromatic carbocycles. The molecule has 0 aliphatic rings. The number of rotatable bonds is 7. The van der Waals surface area contributed by atoms with Crippen molar-refractivity contribution < 1.29 is 14.6 Å². The quantitative estimate of drug-likeness (QED) is 0.791. The molecule has 0 aromatic heterocycles. The molecule has 5 heteroatoms. The minimum Gasteiger partial charge on any atom is -0.491 e. The molecule has 0 spiro atoms. The van der Waals surface area contributed by atoms with Gasteiger partial charge in [0.25, 0.3) is 0 Å². The van der Waals surface area contributed by atoms with E-state index in [9.17, 15) is 9.90 Å². The highest BCUT2D eigenvalue weighted by Crippen LogP contribution is 2.18. The average Bonchev–Trinajstić information content (AvgIpc) is 2.42. The first kappa shape index (κ1) is 17.5. The van der Waals surface area contributed by atoms with Crippen molar-refractivity contribution in [3.05, 3.63) is 29.3 Å². The molecule has 1 amide bonds. The summed E-state index contributed by atoms with van der Waals surface area (Å²) in [5.74, 6) is 0.759. The number of hydrogen-bond donors (Lipinski definition) is 2. The molecule has 0 saturated heterocycles. The number of aryl methyl sites for hydroxylation is 2. The van der Waals surface area contributed by atoms with Crippen molar-refractivity contribution in [2.24, 2.45) is 0 Å². The summed E-state index contributed by atoms with van der Waals surface area (Å²) in [6.45, 7) is 6.29. The molecule has 0 fully saturated rings. The van der Waals surface area contributed by atoms with E-state index in [1.54, 1.807) is 21.0 Å². The minimum atomic E-state index is -0.664. The van der Waals surface area contributed by atoms with Crippen molar-refractivity contribution in [1.82, 2.24) is 10.2 Å². The number of ether oxygens (including phenoxy) is 1. The van der Waals surface area contributed by atoms with E-state index in [-0.39, 0.29) is 18.6 Å². The van der Waals surface area contributed by atoms with Gasteiger partial charge >= 0.3 is 0 Å². The molecular weight excluding hydrogens is 268 g/mol. The molecule has 1 rings (SSSR count). The summed E-state index contributed by atoms with van der Waals surface area (Å²) in [4.78, 5) is 13.2. The lowest BCUT2D eigenvalue weighted by Crippen LogP contribution is -2.45. The normalized spacial score (nSPS) is 13.6. The third-order valence-corrected chi connectivity index (χ3v) is 3.23. The van der Waals surface area contributed by atoms with Gasteiger partial charge in [0.15, 0.2) is 0 Å². The number of nitrogens with zero attached hydrogens (tertiary/aromatic N) is 1. The van der Waals surface area contributed by atoms with Crippen LogP contribution < -0.4 is 10.1 Å². The largest absolute Gasteiger partial charge is 0.491 e. The van der Waals surface area contributed by atoms with Gasteiger partial charge in [0, 0.05) is 20.6 Å². The Kier molecular flexibility index (Phi) is 6.65. The molecule has 21 heavy (non-hydrogen) atoms. The van der Waals surface area contributed by atoms with E-state index in [1.165, 1.54) is 10.5 Å². The van der Waals surface area contributed by atoms with Crippen LogP contribution in [0.4, 0.5) is 0 Å². The summed E-state index contributed by atoms with van der Waals surface area (Å²) in [5.41, 5.74) is 2.23. The van der Waals surface area contributed by atoms with Crippen LogP contribution in [0.15, 0.2) is 18.2 Å². The Morgan fingerprint density at radius 1 is 1.38 bits per heavy atom. The molecule has 2 unspecified atom stereocenters. The molecule has 118 valence electrons. The second-order valence-corrected chi connectivity index (χ2v) is 5.60. The maximum absolute atomic E-state index is 11.7. The molecule has 0 saturated carbocycles. The summed E-state index contributed by atoms with van der Waals surface area (Å²) < 4.78 is 5.61. The van der Waals surface area contributed by atoms with Gasteiger partial charge in [-0.1, -0.05) is 17.7 Å². The molecular formula is C16H26N2O3. The number of carbonyl (C=O) groups is 1. The molecule has 2 N–H and O–H groups in total. The van der Waals surface area contributed by atoms with Crippen LogP contribution in [0.5, 0.6) is 5.75 Å². The number of aliphatic hydroxyl groups is 1. The molecule has 0 radical (unpaired) electrons. The second-order valence-electron chi connectivity index (χ2n) is 5.60. The van der Waals surface area contributed by atoms with Gasteiger partial charge in [-0.05, 0) is 32.4 Å². The fourth-order valence-corrected chi connectivity index (χ4v) is 1.99. The fraction of sp³-hybridized carbons (Fsp3) is 0.562. The third-order valence-electron chi connectivity index (χ3n) is 3.23. The van der Waals surface area contributed by atoms with Gasteiger partial charge in [-0.25, -0.2) is 0 Å². The predicted octanol–water partition coefficient (Wildman–Crippen LogP) is 1.11. The molecule has 0 aliphatic carbocycles. The Morgan fingerprint density at radius 3 is 2.62 bits per heavy atom. The number of amides is 1. The van der Waals surface area contributed by atoms with Crippen LogP contribution >= 0.6 is 0 Å². The topological polar surface area (TPSA) is 61.8 Å². The highest BCUT2D eigenvalue weighted by Gasteiger charge is 2.16. The lowest BCUT2D eigenvalue weighted by atomic mass is 10.1. The van der Waals surface area contributed by atoms with Gasteiger partial charge in [0.2, 0.25) is 5.91 Å². The zero-order chi connectivity index (χ0) is 16.0. The van der Waals surface area contributed by atoms with Crippen molar-refractivity contribution in [2.75, 3.05) is 27.2 Å². The van der Waals surface area contributed by atoms with Gasteiger partial charge in [-0.2, -0.15) is 0 Å². The Bertz CT molecular complexity index is 475. The van der Waals surface area contributed by atoms with Crippen LogP contribution in [0.2, 0.25) is 0 Å². The smallest absolute Gasteiger partial charge is 0.238 e. The van der Waals surface area contributed by atoms with Crippen molar-refractivity contribution >= 4 is 5.91 Å². The Morgan fingerprint density at radius 2 is 2.05 bits per heavy atom. The highest BCUT2D eigenvalue weighted by molar-refractivity contribution is 5.80. The maximum atomic E-state index is 11.7. The number of hydrogen-bond acceptors (Lipinski definition) is 4. The van der Waals surface area contributed by atoms with Crippen LogP contribution in [0.25, 0.3) is 0 Å². The summed E-state index contributed by atoms with van der Waals surface area (Å²) in [6, 6.07) is 5.60. The van der Waals surface area contributed by atoms with Crippen molar-refractivity contribution in [3.63, 3.8) is 0 Å². The summed E-state index contributed by atoms with van der Waals surface area (Å²) >= 11 is 0. The Labute approximate surface area is 126 Å². The first-order valence-electron chi connectivity index (χ1n) is 7.14. The molecule has 0 bridgehead atoms. The first-order chi connectivity index (χ1) is 9.81. The van der Waals surface area contributed by atoms with Crippen LogP contribution in [0, 0.1) is 13.8 Å². The molecule has 2 atom stereocenters. The highest BCUT2D eigenvalue weighted by atomic mass is 16.5. The first-order valence-corrected chi connectivity index (χ1v) is 7.14. The number of benzene rings is 1.